The Morgan fingerprint density at radius 2 is 1.90 bits per heavy atom. The van der Waals surface area contributed by atoms with Crippen molar-refractivity contribution in [1.29, 1.82) is 0 Å². The van der Waals surface area contributed by atoms with E-state index < -0.39 is 0 Å². The van der Waals surface area contributed by atoms with E-state index in [0.29, 0.717) is 0 Å². The van der Waals surface area contributed by atoms with Gasteiger partial charge in [-0.3, -0.25) is 10.0 Å². The minimum Gasteiger partial charge on any atom is -0.314 e. The van der Waals surface area contributed by atoms with Crippen molar-refractivity contribution in [3.05, 3.63) is 42.0 Å². The summed E-state index contributed by atoms with van der Waals surface area (Å²) >= 11 is 1.86. The smallest absolute Gasteiger partial charge is 0.126 e. The number of nitrogens with zero attached hydrogens (tertiary/aromatic N) is 3. The van der Waals surface area contributed by atoms with E-state index >= 15 is 0 Å². The highest BCUT2D eigenvalue weighted by Gasteiger charge is 2.24. The fourth-order valence-corrected chi connectivity index (χ4v) is 3.98. The maximum atomic E-state index is 4.53. The number of nitrogens with one attached hydrogen (secondary N) is 1. The Morgan fingerprint density at radius 1 is 1.10 bits per heavy atom. The molecule has 4 nitrogen and oxygen atoms in total. The van der Waals surface area contributed by atoms with Gasteiger partial charge in [-0.25, -0.2) is 5.01 Å². The van der Waals surface area contributed by atoms with Crippen LogP contribution in [-0.2, 0) is 0 Å². The topological polar surface area (TPSA) is 30.9 Å². The first kappa shape index (κ1) is 13.0. The summed E-state index contributed by atoms with van der Waals surface area (Å²) in [6.45, 7) is 4.93. The van der Waals surface area contributed by atoms with Gasteiger partial charge in [-0.05, 0) is 11.6 Å². The summed E-state index contributed by atoms with van der Waals surface area (Å²) in [5.41, 5.74) is 2.52. The molecule has 2 aliphatic rings. The van der Waals surface area contributed by atoms with Crippen LogP contribution in [0.1, 0.15) is 5.56 Å². The van der Waals surface area contributed by atoms with Crippen LogP contribution >= 0.6 is 11.3 Å². The van der Waals surface area contributed by atoms with E-state index in [4.69, 9.17) is 0 Å². The van der Waals surface area contributed by atoms with Gasteiger partial charge in [-0.15, -0.1) is 11.3 Å². The zero-order valence-electron chi connectivity index (χ0n) is 11.8. The highest BCUT2D eigenvalue weighted by atomic mass is 32.1. The lowest BCUT2D eigenvalue weighted by atomic mass is 10.1. The van der Waals surface area contributed by atoms with Gasteiger partial charge in [0.1, 0.15) is 11.7 Å². The third kappa shape index (κ3) is 2.48. The Labute approximate surface area is 128 Å². The molecule has 0 atom stereocenters. The molecule has 5 heteroatoms. The molecule has 0 amide bonds. The van der Waals surface area contributed by atoms with Crippen molar-refractivity contribution in [1.82, 2.24) is 10.3 Å². The molecule has 0 aliphatic carbocycles. The van der Waals surface area contributed by atoms with Crippen molar-refractivity contribution in [2.75, 3.05) is 37.9 Å². The predicted octanol–water partition coefficient (Wildman–Crippen LogP) is 2.43. The van der Waals surface area contributed by atoms with Gasteiger partial charge in [0, 0.05) is 42.8 Å². The fourth-order valence-electron chi connectivity index (χ4n) is 2.83. The third-order valence-corrected chi connectivity index (χ3v) is 5.13. The lowest BCUT2D eigenvalue weighted by Gasteiger charge is -2.38. The van der Waals surface area contributed by atoms with Gasteiger partial charge in [0.2, 0.25) is 0 Å². The Bertz CT molecular complexity index is 644. The molecule has 2 aromatic rings. The van der Waals surface area contributed by atoms with Crippen LogP contribution < -0.4 is 10.3 Å². The molecule has 0 radical (unpaired) electrons. The Morgan fingerprint density at radius 3 is 2.71 bits per heavy atom. The summed E-state index contributed by atoms with van der Waals surface area (Å²) in [6, 6.07) is 12.8. The number of benzene rings is 1. The molecule has 4 rings (SSSR count). The van der Waals surface area contributed by atoms with Gasteiger partial charge in [0.15, 0.2) is 0 Å². The van der Waals surface area contributed by atoms with Crippen LogP contribution in [0.4, 0.5) is 5.00 Å². The summed E-state index contributed by atoms with van der Waals surface area (Å²) in [4.78, 5) is 5.84. The monoisotopic (exact) mass is 298 g/mol. The number of piperazine rings is 1. The standard InChI is InChI=1S/C16H18N4S/c1-2-4-13(5-3-1)15-10-14-11-18-12-20(16(14)21-15)19-8-6-17-7-9-19/h1-5,10-11,17H,6-9,12H2. The van der Waals surface area contributed by atoms with E-state index in [2.05, 4.69) is 56.7 Å². The molecule has 1 fully saturated rings. The molecule has 1 aromatic carbocycles. The van der Waals surface area contributed by atoms with Crippen LogP contribution in [0.15, 0.2) is 41.4 Å². The Balaban J connectivity index is 1.68. The van der Waals surface area contributed by atoms with E-state index in [0.717, 1.165) is 32.8 Å². The van der Waals surface area contributed by atoms with E-state index in [1.165, 1.54) is 21.0 Å². The van der Waals surface area contributed by atoms with Gasteiger partial charge < -0.3 is 5.32 Å². The summed E-state index contributed by atoms with van der Waals surface area (Å²) < 4.78 is 0. The molecule has 0 bridgehead atoms. The molecule has 0 saturated carbocycles. The highest BCUT2D eigenvalue weighted by Crippen LogP contribution is 2.38. The van der Waals surface area contributed by atoms with Crippen LogP contribution in [0.2, 0.25) is 0 Å². The Hall–Kier alpha value is -1.69. The second-order valence-corrected chi connectivity index (χ2v) is 6.32. The number of hydrogen-bond donors (Lipinski definition) is 1. The predicted molar refractivity (Wildman–Crippen MR) is 89.1 cm³/mol. The maximum Gasteiger partial charge on any atom is 0.126 e. The summed E-state index contributed by atoms with van der Waals surface area (Å²) in [5.74, 6) is 0. The number of thiophene rings is 1. The van der Waals surface area contributed by atoms with Gasteiger partial charge in [-0.2, -0.15) is 0 Å². The largest absolute Gasteiger partial charge is 0.314 e. The second kappa shape index (κ2) is 5.60. The van der Waals surface area contributed by atoms with E-state index in [9.17, 15) is 0 Å². The number of hydrogen-bond acceptors (Lipinski definition) is 5. The summed E-state index contributed by atoms with van der Waals surface area (Å²) in [7, 11) is 0. The van der Waals surface area contributed by atoms with Crippen LogP contribution in [0.3, 0.4) is 0 Å². The summed E-state index contributed by atoms with van der Waals surface area (Å²) in [6.07, 6.45) is 2.01. The number of hydrazine groups is 1. The first-order chi connectivity index (χ1) is 10.4. The average Bonchev–Trinajstić information content (AvgIpc) is 3.00. The molecule has 3 heterocycles. The summed E-state index contributed by atoms with van der Waals surface area (Å²) in [5, 5.41) is 9.48. The van der Waals surface area contributed by atoms with Crippen LogP contribution in [0.25, 0.3) is 10.4 Å². The molecule has 1 saturated heterocycles. The van der Waals surface area contributed by atoms with Crippen LogP contribution in [0, 0.1) is 0 Å². The maximum absolute atomic E-state index is 4.53. The SMILES string of the molecule is C1=NCN(N2CCNCC2)c2sc(-c3ccccc3)cc21. The quantitative estimate of drug-likeness (QED) is 0.924. The third-order valence-electron chi connectivity index (χ3n) is 3.91. The lowest BCUT2D eigenvalue weighted by molar-refractivity contribution is 0.221. The first-order valence-electron chi connectivity index (χ1n) is 7.34. The molecule has 108 valence electrons. The minimum atomic E-state index is 0.738. The molecule has 1 aromatic heterocycles. The van der Waals surface area contributed by atoms with Crippen molar-refractivity contribution in [3.63, 3.8) is 0 Å². The first-order valence-corrected chi connectivity index (χ1v) is 8.16. The van der Waals surface area contributed by atoms with Crippen molar-refractivity contribution in [2.24, 2.45) is 4.99 Å². The van der Waals surface area contributed by atoms with E-state index in [1.807, 2.05) is 17.6 Å². The second-order valence-electron chi connectivity index (χ2n) is 5.29. The number of rotatable bonds is 2. The fraction of sp³-hybridized carbons (Fsp3) is 0.312. The molecule has 2 aliphatic heterocycles. The highest BCUT2D eigenvalue weighted by molar-refractivity contribution is 7.19. The van der Waals surface area contributed by atoms with E-state index in [1.54, 1.807) is 0 Å². The van der Waals surface area contributed by atoms with Gasteiger partial charge in [0.05, 0.1) is 0 Å². The number of fused-ring (bicyclic) bond motifs is 1. The van der Waals surface area contributed by atoms with Gasteiger partial charge in [-0.1, -0.05) is 30.3 Å². The minimum absolute atomic E-state index is 0.738. The molecular formula is C16H18N4S. The molecule has 21 heavy (non-hydrogen) atoms. The Kier molecular flexibility index (Phi) is 3.47. The molecule has 0 spiro atoms. The molecule has 0 unspecified atom stereocenters. The normalized spacial score (nSPS) is 18.8. The van der Waals surface area contributed by atoms with Crippen molar-refractivity contribution in [3.8, 4) is 10.4 Å². The molecular weight excluding hydrogens is 280 g/mol. The van der Waals surface area contributed by atoms with Crippen molar-refractivity contribution < 1.29 is 0 Å². The van der Waals surface area contributed by atoms with Gasteiger partial charge >= 0.3 is 0 Å². The van der Waals surface area contributed by atoms with Crippen LogP contribution in [0.5, 0.6) is 0 Å². The zero-order chi connectivity index (χ0) is 14.1. The zero-order valence-corrected chi connectivity index (χ0v) is 12.6. The molecule has 1 N–H and O–H groups in total. The average molecular weight is 298 g/mol. The van der Waals surface area contributed by atoms with Crippen molar-refractivity contribution in [2.45, 2.75) is 0 Å². The number of aliphatic imine (C=N–C) groups is 1. The van der Waals surface area contributed by atoms with Gasteiger partial charge in [0.25, 0.3) is 0 Å². The van der Waals surface area contributed by atoms with E-state index in [-0.39, 0.29) is 0 Å². The van der Waals surface area contributed by atoms with Crippen molar-refractivity contribution >= 4 is 22.6 Å². The lowest BCUT2D eigenvalue weighted by Crippen LogP contribution is -2.53. The van der Waals surface area contributed by atoms with Crippen LogP contribution in [-0.4, -0.2) is 44.1 Å². The number of anilines is 1.